The predicted molar refractivity (Wildman–Crippen MR) is 93.7 cm³/mol. The van der Waals surface area contributed by atoms with Crippen molar-refractivity contribution in [3.8, 4) is 0 Å². The smallest absolute Gasteiger partial charge is 0.227 e. The number of nitrogens with one attached hydrogen (secondary N) is 1. The quantitative estimate of drug-likeness (QED) is 0.894. The number of ether oxygens (including phenoxy) is 1. The number of rotatable bonds is 5. The first-order valence-electron chi connectivity index (χ1n) is 7.56. The van der Waals surface area contributed by atoms with Gasteiger partial charge in [0.1, 0.15) is 5.82 Å². The Morgan fingerprint density at radius 3 is 2.78 bits per heavy atom. The fraction of sp³-hybridized carbons (Fsp3) is 0.375. The third-order valence-electron chi connectivity index (χ3n) is 3.65. The first-order valence-corrected chi connectivity index (χ1v) is 8.31. The minimum Gasteiger partial charge on any atom is -0.378 e. The van der Waals surface area contributed by atoms with Gasteiger partial charge in [0.05, 0.1) is 13.2 Å². The summed E-state index contributed by atoms with van der Waals surface area (Å²) in [5.74, 6) is 1.55. The molecule has 0 bridgehead atoms. The van der Waals surface area contributed by atoms with Gasteiger partial charge in [-0.3, -0.25) is 0 Å². The maximum absolute atomic E-state index is 6.18. The number of aromatic nitrogens is 2. The van der Waals surface area contributed by atoms with Crippen molar-refractivity contribution in [2.24, 2.45) is 0 Å². The minimum absolute atomic E-state index is 0.651. The van der Waals surface area contributed by atoms with Gasteiger partial charge in [-0.2, -0.15) is 4.98 Å². The van der Waals surface area contributed by atoms with Crippen molar-refractivity contribution in [3.63, 3.8) is 0 Å². The molecule has 1 fully saturated rings. The van der Waals surface area contributed by atoms with Crippen molar-refractivity contribution in [1.29, 1.82) is 0 Å². The van der Waals surface area contributed by atoms with E-state index in [0.717, 1.165) is 56.6 Å². The van der Waals surface area contributed by atoms with Gasteiger partial charge in [0.15, 0.2) is 0 Å². The normalized spacial score (nSPS) is 14.8. The summed E-state index contributed by atoms with van der Waals surface area (Å²) in [6.45, 7) is 3.82. The van der Waals surface area contributed by atoms with Gasteiger partial charge in [0.2, 0.25) is 5.95 Å². The van der Waals surface area contributed by atoms with E-state index < -0.39 is 0 Å². The Hall–Kier alpha value is -1.56. The van der Waals surface area contributed by atoms with Crippen LogP contribution in [0.1, 0.15) is 5.56 Å². The summed E-state index contributed by atoms with van der Waals surface area (Å²) < 4.78 is 5.35. The molecule has 0 unspecified atom stereocenters. The van der Waals surface area contributed by atoms with Gasteiger partial charge < -0.3 is 15.0 Å². The molecule has 122 valence electrons. The molecule has 1 aromatic carbocycles. The molecule has 23 heavy (non-hydrogen) atoms. The van der Waals surface area contributed by atoms with Gasteiger partial charge in [-0.15, -0.1) is 0 Å². The summed E-state index contributed by atoms with van der Waals surface area (Å²) >= 11 is 12.1. The van der Waals surface area contributed by atoms with Crippen LogP contribution < -0.4 is 10.2 Å². The molecule has 7 heteroatoms. The molecule has 0 aliphatic carbocycles. The molecular weight excluding hydrogens is 335 g/mol. The maximum Gasteiger partial charge on any atom is 0.227 e. The second-order valence-corrected chi connectivity index (χ2v) is 6.10. The van der Waals surface area contributed by atoms with Crippen LogP contribution in [0.3, 0.4) is 0 Å². The van der Waals surface area contributed by atoms with Gasteiger partial charge in [-0.05, 0) is 30.2 Å². The number of hydrogen-bond donors (Lipinski definition) is 1. The fourth-order valence-electron chi connectivity index (χ4n) is 2.41. The van der Waals surface area contributed by atoms with Crippen molar-refractivity contribution in [1.82, 2.24) is 9.97 Å². The average molecular weight is 353 g/mol. The van der Waals surface area contributed by atoms with Crippen molar-refractivity contribution in [3.05, 3.63) is 46.1 Å². The van der Waals surface area contributed by atoms with Gasteiger partial charge in [-0.1, -0.05) is 29.3 Å². The molecule has 1 aliphatic rings. The van der Waals surface area contributed by atoms with Crippen LogP contribution in [-0.2, 0) is 11.2 Å². The highest BCUT2D eigenvalue weighted by atomic mass is 35.5. The Kier molecular flexibility index (Phi) is 5.54. The van der Waals surface area contributed by atoms with E-state index in [0.29, 0.717) is 10.0 Å². The van der Waals surface area contributed by atoms with Gasteiger partial charge in [0, 0.05) is 35.9 Å². The van der Waals surface area contributed by atoms with Crippen LogP contribution in [0.4, 0.5) is 11.8 Å². The summed E-state index contributed by atoms with van der Waals surface area (Å²) in [7, 11) is 0. The van der Waals surface area contributed by atoms with Crippen molar-refractivity contribution in [2.45, 2.75) is 6.42 Å². The number of benzene rings is 1. The number of nitrogens with zero attached hydrogens (tertiary/aromatic N) is 3. The molecule has 2 aromatic rings. The Morgan fingerprint density at radius 1 is 1.17 bits per heavy atom. The van der Waals surface area contributed by atoms with Crippen LogP contribution in [0.5, 0.6) is 0 Å². The van der Waals surface area contributed by atoms with Crippen molar-refractivity contribution in [2.75, 3.05) is 43.1 Å². The minimum atomic E-state index is 0.651. The summed E-state index contributed by atoms with van der Waals surface area (Å²) in [5, 5.41) is 4.66. The molecule has 1 saturated heterocycles. The monoisotopic (exact) mass is 352 g/mol. The second-order valence-electron chi connectivity index (χ2n) is 5.25. The van der Waals surface area contributed by atoms with E-state index >= 15 is 0 Å². The lowest BCUT2D eigenvalue weighted by Gasteiger charge is -2.26. The lowest BCUT2D eigenvalue weighted by Crippen LogP contribution is -2.37. The van der Waals surface area contributed by atoms with E-state index in [1.807, 2.05) is 18.2 Å². The SMILES string of the molecule is Clc1ccc(CCNc2ccnc(N3CCOCC3)n2)c(Cl)c1. The molecule has 0 amide bonds. The zero-order valence-corrected chi connectivity index (χ0v) is 14.1. The van der Waals surface area contributed by atoms with E-state index in [1.165, 1.54) is 0 Å². The lowest BCUT2D eigenvalue weighted by atomic mass is 10.1. The van der Waals surface area contributed by atoms with E-state index in [4.69, 9.17) is 27.9 Å². The first kappa shape index (κ1) is 16.3. The topological polar surface area (TPSA) is 50.3 Å². The standard InChI is InChI=1S/C16H18Cl2N4O/c17-13-2-1-12(14(18)11-13)3-5-19-15-4-6-20-16(21-15)22-7-9-23-10-8-22/h1-2,4,6,11H,3,5,7-10H2,(H,19,20,21). The summed E-state index contributed by atoms with van der Waals surface area (Å²) in [6.07, 6.45) is 2.57. The van der Waals surface area contributed by atoms with Crippen LogP contribution in [-0.4, -0.2) is 42.8 Å². The lowest BCUT2D eigenvalue weighted by molar-refractivity contribution is 0.122. The number of halogens is 2. The van der Waals surface area contributed by atoms with E-state index in [2.05, 4.69) is 20.2 Å². The zero-order chi connectivity index (χ0) is 16.1. The third kappa shape index (κ3) is 4.47. The average Bonchev–Trinajstić information content (AvgIpc) is 2.58. The molecular formula is C16H18Cl2N4O. The molecule has 0 radical (unpaired) electrons. The van der Waals surface area contributed by atoms with Crippen LogP contribution >= 0.6 is 23.2 Å². The Bertz CT molecular complexity index is 662. The molecule has 2 heterocycles. The largest absolute Gasteiger partial charge is 0.378 e. The number of anilines is 2. The Balaban J connectivity index is 1.57. The van der Waals surface area contributed by atoms with Crippen LogP contribution in [0.2, 0.25) is 10.0 Å². The van der Waals surface area contributed by atoms with Gasteiger partial charge in [-0.25, -0.2) is 4.98 Å². The number of morpholine rings is 1. The summed E-state index contributed by atoms with van der Waals surface area (Å²) in [5.41, 5.74) is 1.06. The molecule has 1 aliphatic heterocycles. The van der Waals surface area contributed by atoms with Crippen molar-refractivity contribution >= 4 is 35.0 Å². The molecule has 0 saturated carbocycles. The predicted octanol–water partition coefficient (Wildman–Crippen LogP) is 3.27. The van der Waals surface area contributed by atoms with Gasteiger partial charge in [0.25, 0.3) is 0 Å². The highest BCUT2D eigenvalue weighted by molar-refractivity contribution is 6.35. The van der Waals surface area contributed by atoms with Crippen LogP contribution in [0.15, 0.2) is 30.5 Å². The summed E-state index contributed by atoms with van der Waals surface area (Å²) in [4.78, 5) is 11.0. The highest BCUT2D eigenvalue weighted by Crippen LogP contribution is 2.21. The Morgan fingerprint density at radius 2 is 2.00 bits per heavy atom. The maximum atomic E-state index is 6.18. The third-order valence-corrected chi connectivity index (χ3v) is 4.24. The molecule has 1 N–H and O–H groups in total. The second kappa shape index (κ2) is 7.81. The highest BCUT2D eigenvalue weighted by Gasteiger charge is 2.13. The summed E-state index contributed by atoms with van der Waals surface area (Å²) in [6, 6.07) is 7.43. The zero-order valence-electron chi connectivity index (χ0n) is 12.6. The van der Waals surface area contributed by atoms with E-state index in [1.54, 1.807) is 12.3 Å². The van der Waals surface area contributed by atoms with Crippen LogP contribution in [0, 0.1) is 0 Å². The molecule has 5 nitrogen and oxygen atoms in total. The van der Waals surface area contributed by atoms with E-state index in [9.17, 15) is 0 Å². The van der Waals surface area contributed by atoms with Crippen LogP contribution in [0.25, 0.3) is 0 Å². The first-order chi connectivity index (χ1) is 11.2. The van der Waals surface area contributed by atoms with E-state index in [-0.39, 0.29) is 0 Å². The molecule has 0 spiro atoms. The Labute approximate surface area is 145 Å². The molecule has 0 atom stereocenters. The van der Waals surface area contributed by atoms with Gasteiger partial charge >= 0.3 is 0 Å². The molecule has 1 aromatic heterocycles. The fourth-order valence-corrected chi connectivity index (χ4v) is 2.92. The number of hydrogen-bond acceptors (Lipinski definition) is 5. The molecule has 3 rings (SSSR count). The van der Waals surface area contributed by atoms with Crippen molar-refractivity contribution < 1.29 is 4.74 Å².